The van der Waals surface area contributed by atoms with Crippen LogP contribution >= 0.6 is 11.6 Å². The van der Waals surface area contributed by atoms with Gasteiger partial charge in [0, 0.05) is 10.6 Å². The first kappa shape index (κ1) is 14.0. The molecule has 0 amide bonds. The lowest BCUT2D eigenvalue weighted by Gasteiger charge is -2.14. The molecule has 2 rings (SSSR count). The highest BCUT2D eigenvalue weighted by Gasteiger charge is 2.16. The number of nitrogens with one attached hydrogen (secondary N) is 1. The summed E-state index contributed by atoms with van der Waals surface area (Å²) in [5, 5.41) is 24.6. The first-order chi connectivity index (χ1) is 9.22. The maximum atomic E-state index is 10.3. The summed E-state index contributed by atoms with van der Waals surface area (Å²) in [6.07, 6.45) is 3.44. The van der Waals surface area contributed by atoms with E-state index in [0.29, 0.717) is 10.8 Å². The summed E-state index contributed by atoms with van der Waals surface area (Å²) in [6, 6.07) is 5.37. The predicted molar refractivity (Wildman–Crippen MR) is 73.7 cm³/mol. The number of aromatic amines is 1. The third-order valence-corrected chi connectivity index (χ3v) is 3.29. The minimum Gasteiger partial charge on any atom is -0.388 e. The van der Waals surface area contributed by atoms with Crippen molar-refractivity contribution in [3.63, 3.8) is 0 Å². The van der Waals surface area contributed by atoms with Crippen molar-refractivity contribution in [1.82, 2.24) is 20.6 Å². The first-order valence-corrected chi connectivity index (χ1v) is 6.81. The lowest BCUT2D eigenvalue weighted by Crippen LogP contribution is -2.01. The predicted octanol–water partition coefficient (Wildman–Crippen LogP) is 3.13. The number of aliphatic hydroxyl groups is 1. The molecule has 19 heavy (non-hydrogen) atoms. The maximum absolute atomic E-state index is 10.3. The molecule has 0 aliphatic carbocycles. The highest BCUT2D eigenvalue weighted by atomic mass is 35.5. The van der Waals surface area contributed by atoms with Crippen molar-refractivity contribution in [3.05, 3.63) is 28.8 Å². The van der Waals surface area contributed by atoms with Gasteiger partial charge in [-0.2, -0.15) is 0 Å². The zero-order valence-corrected chi connectivity index (χ0v) is 11.6. The normalized spacial score (nSPS) is 12.6. The zero-order chi connectivity index (χ0) is 13.7. The van der Waals surface area contributed by atoms with Crippen molar-refractivity contribution in [2.45, 2.75) is 38.7 Å². The highest BCUT2D eigenvalue weighted by Crippen LogP contribution is 2.30. The van der Waals surface area contributed by atoms with E-state index in [1.54, 1.807) is 12.1 Å². The third-order valence-electron chi connectivity index (χ3n) is 3.06. The molecule has 0 fully saturated rings. The second-order valence-electron chi connectivity index (χ2n) is 4.49. The number of aromatic nitrogens is 4. The van der Waals surface area contributed by atoms with Crippen LogP contribution in [0, 0.1) is 0 Å². The Balaban J connectivity index is 2.24. The van der Waals surface area contributed by atoms with Gasteiger partial charge in [0.25, 0.3) is 0 Å². The molecule has 1 heterocycles. The summed E-state index contributed by atoms with van der Waals surface area (Å²) in [5.41, 5.74) is 1.56. The molecule has 1 atom stereocenters. The molecule has 0 radical (unpaired) electrons. The van der Waals surface area contributed by atoms with Gasteiger partial charge in [-0.15, -0.1) is 5.10 Å². The van der Waals surface area contributed by atoms with E-state index in [1.165, 1.54) is 0 Å². The van der Waals surface area contributed by atoms with Crippen molar-refractivity contribution < 1.29 is 5.11 Å². The quantitative estimate of drug-likeness (QED) is 0.797. The molecule has 0 spiro atoms. The van der Waals surface area contributed by atoms with Crippen LogP contribution < -0.4 is 0 Å². The molecule has 102 valence electrons. The second kappa shape index (κ2) is 6.63. The summed E-state index contributed by atoms with van der Waals surface area (Å²) < 4.78 is 0. The van der Waals surface area contributed by atoms with Crippen LogP contribution in [0.4, 0.5) is 0 Å². The standard InChI is InChI=1S/C13H17ClN4O/c1-2-3-4-5-12(19)10-7-6-9(14)8-11(10)13-15-17-18-16-13/h6-8,12,19H,2-5H2,1H3,(H,15,16,17,18). The van der Waals surface area contributed by atoms with Crippen molar-refractivity contribution in [3.8, 4) is 11.4 Å². The molecule has 1 aromatic heterocycles. The Morgan fingerprint density at radius 2 is 2.21 bits per heavy atom. The van der Waals surface area contributed by atoms with Gasteiger partial charge >= 0.3 is 0 Å². The van der Waals surface area contributed by atoms with E-state index in [2.05, 4.69) is 27.5 Å². The fraction of sp³-hybridized carbons (Fsp3) is 0.462. The number of hydrogen-bond acceptors (Lipinski definition) is 4. The molecule has 2 N–H and O–H groups in total. The van der Waals surface area contributed by atoms with E-state index < -0.39 is 6.10 Å². The number of H-pyrrole nitrogens is 1. The van der Waals surface area contributed by atoms with Crippen LogP contribution in [-0.4, -0.2) is 25.7 Å². The fourth-order valence-corrected chi connectivity index (χ4v) is 2.21. The van der Waals surface area contributed by atoms with E-state index in [4.69, 9.17) is 11.6 Å². The smallest absolute Gasteiger partial charge is 0.179 e. The summed E-state index contributed by atoms with van der Waals surface area (Å²) in [4.78, 5) is 0. The second-order valence-corrected chi connectivity index (χ2v) is 4.93. The van der Waals surface area contributed by atoms with Crippen LogP contribution in [0.1, 0.15) is 44.3 Å². The number of rotatable bonds is 6. The van der Waals surface area contributed by atoms with Crippen LogP contribution in [0.15, 0.2) is 18.2 Å². The van der Waals surface area contributed by atoms with Crippen LogP contribution in [0.3, 0.4) is 0 Å². The zero-order valence-electron chi connectivity index (χ0n) is 10.8. The maximum Gasteiger partial charge on any atom is 0.179 e. The minimum absolute atomic E-state index is 0.520. The van der Waals surface area contributed by atoms with Crippen molar-refractivity contribution >= 4 is 11.6 Å². The Morgan fingerprint density at radius 3 is 2.89 bits per heavy atom. The van der Waals surface area contributed by atoms with Crippen LogP contribution in [0.5, 0.6) is 0 Å². The van der Waals surface area contributed by atoms with E-state index >= 15 is 0 Å². The van der Waals surface area contributed by atoms with Crippen molar-refractivity contribution in [2.24, 2.45) is 0 Å². The summed E-state index contributed by atoms with van der Waals surface area (Å²) in [7, 11) is 0. The molecule has 2 aromatic rings. The molecule has 0 saturated carbocycles. The number of benzene rings is 1. The Morgan fingerprint density at radius 1 is 1.37 bits per heavy atom. The lowest BCUT2D eigenvalue weighted by atomic mass is 9.98. The number of tetrazole rings is 1. The Kier molecular flexibility index (Phi) is 4.87. The number of aliphatic hydroxyl groups excluding tert-OH is 1. The van der Waals surface area contributed by atoms with Crippen molar-refractivity contribution in [1.29, 1.82) is 0 Å². The van der Waals surface area contributed by atoms with Crippen LogP contribution in [0.2, 0.25) is 5.02 Å². The van der Waals surface area contributed by atoms with E-state index in [0.717, 1.165) is 36.8 Å². The summed E-state index contributed by atoms with van der Waals surface area (Å²) >= 11 is 6.00. The lowest BCUT2D eigenvalue weighted by molar-refractivity contribution is 0.164. The molecular formula is C13H17ClN4O. The highest BCUT2D eigenvalue weighted by molar-refractivity contribution is 6.30. The van der Waals surface area contributed by atoms with Gasteiger partial charge in [-0.05, 0) is 34.5 Å². The van der Waals surface area contributed by atoms with Gasteiger partial charge in [-0.1, -0.05) is 43.9 Å². The summed E-state index contributed by atoms with van der Waals surface area (Å²) in [6.45, 7) is 2.14. The Hall–Kier alpha value is -1.46. The topological polar surface area (TPSA) is 74.7 Å². The van der Waals surface area contributed by atoms with Gasteiger partial charge in [-0.25, -0.2) is 5.10 Å². The van der Waals surface area contributed by atoms with Gasteiger partial charge in [0.15, 0.2) is 5.82 Å². The van der Waals surface area contributed by atoms with E-state index in [9.17, 15) is 5.11 Å². The van der Waals surface area contributed by atoms with Crippen LogP contribution in [-0.2, 0) is 0 Å². The van der Waals surface area contributed by atoms with E-state index in [1.807, 2.05) is 6.07 Å². The third kappa shape index (κ3) is 3.52. The first-order valence-electron chi connectivity index (χ1n) is 6.44. The van der Waals surface area contributed by atoms with Crippen LogP contribution in [0.25, 0.3) is 11.4 Å². The van der Waals surface area contributed by atoms with Gasteiger partial charge in [0.1, 0.15) is 0 Å². The molecule has 0 aliphatic rings. The van der Waals surface area contributed by atoms with Crippen molar-refractivity contribution in [2.75, 3.05) is 0 Å². The molecule has 0 bridgehead atoms. The monoisotopic (exact) mass is 280 g/mol. The molecule has 1 unspecified atom stereocenters. The average molecular weight is 281 g/mol. The Labute approximate surface area is 117 Å². The Bertz CT molecular complexity index is 515. The molecule has 1 aromatic carbocycles. The number of hydrogen-bond donors (Lipinski definition) is 2. The minimum atomic E-state index is -0.524. The number of nitrogens with zero attached hydrogens (tertiary/aromatic N) is 3. The largest absolute Gasteiger partial charge is 0.388 e. The van der Waals surface area contributed by atoms with Gasteiger partial charge < -0.3 is 5.11 Å². The molecular weight excluding hydrogens is 264 g/mol. The van der Waals surface area contributed by atoms with Gasteiger partial charge in [-0.3, -0.25) is 0 Å². The average Bonchev–Trinajstić information content (AvgIpc) is 2.92. The molecule has 0 aliphatic heterocycles. The van der Waals surface area contributed by atoms with E-state index in [-0.39, 0.29) is 0 Å². The fourth-order valence-electron chi connectivity index (χ4n) is 2.04. The SMILES string of the molecule is CCCCCC(O)c1ccc(Cl)cc1-c1nnn[nH]1. The molecule has 6 heteroatoms. The number of halogens is 1. The van der Waals surface area contributed by atoms with Gasteiger partial charge in [0.05, 0.1) is 6.10 Å². The van der Waals surface area contributed by atoms with Gasteiger partial charge in [0.2, 0.25) is 0 Å². The number of unbranched alkanes of at least 4 members (excludes halogenated alkanes) is 2. The summed E-state index contributed by atoms with van der Waals surface area (Å²) in [5.74, 6) is 0.520. The molecule has 5 nitrogen and oxygen atoms in total. The molecule has 0 saturated heterocycles.